The van der Waals surface area contributed by atoms with Gasteiger partial charge >= 0.3 is 0 Å². The third-order valence-corrected chi connectivity index (χ3v) is 8.69. The summed E-state index contributed by atoms with van der Waals surface area (Å²) in [5.41, 5.74) is 0.941. The molecule has 0 radical (unpaired) electrons. The van der Waals surface area contributed by atoms with Crippen LogP contribution >= 0.6 is 0 Å². The van der Waals surface area contributed by atoms with Crippen molar-refractivity contribution in [1.29, 1.82) is 0 Å². The Labute approximate surface area is 225 Å². The van der Waals surface area contributed by atoms with Gasteiger partial charge in [-0.1, -0.05) is 6.92 Å². The van der Waals surface area contributed by atoms with E-state index in [2.05, 4.69) is 23.6 Å². The van der Waals surface area contributed by atoms with Gasteiger partial charge in [-0.05, 0) is 75.2 Å². The first-order valence-electron chi connectivity index (χ1n) is 13.1. The van der Waals surface area contributed by atoms with Gasteiger partial charge in [0.1, 0.15) is 17.6 Å². The summed E-state index contributed by atoms with van der Waals surface area (Å²) in [6.45, 7) is 5.95. The lowest BCUT2D eigenvalue weighted by Crippen LogP contribution is -2.47. The molecule has 3 atom stereocenters. The average Bonchev–Trinajstić information content (AvgIpc) is 3.70. The molecule has 2 N–H and O–H groups in total. The smallest absolute Gasteiger partial charge is 0.261 e. The second-order valence-electron chi connectivity index (χ2n) is 10.7. The second kappa shape index (κ2) is 11.9. The molecule has 38 heavy (non-hydrogen) atoms. The van der Waals surface area contributed by atoms with Crippen molar-refractivity contribution in [3.63, 3.8) is 0 Å². The minimum atomic E-state index is -3.85. The van der Waals surface area contributed by atoms with Crippen molar-refractivity contribution < 1.29 is 27.8 Å². The van der Waals surface area contributed by atoms with E-state index >= 15 is 0 Å². The number of nitrogens with one attached hydrogen (secondary N) is 1. The normalized spacial score (nSPS) is 21.1. The van der Waals surface area contributed by atoms with Crippen molar-refractivity contribution in [2.45, 2.75) is 50.2 Å². The molecule has 10 heteroatoms. The number of hydrogen-bond acceptors (Lipinski definition) is 7. The monoisotopic (exact) mass is 545 g/mol. The fourth-order valence-corrected chi connectivity index (χ4v) is 5.85. The number of carbonyl (C=O) groups is 1. The molecule has 0 unspecified atom stereocenters. The first kappa shape index (κ1) is 28.2. The highest BCUT2D eigenvalue weighted by molar-refractivity contribution is 7.92. The van der Waals surface area contributed by atoms with Crippen LogP contribution in [0.4, 0.5) is 5.69 Å². The molecule has 0 saturated heterocycles. The van der Waals surface area contributed by atoms with Crippen molar-refractivity contribution >= 4 is 21.6 Å². The number of aliphatic hydroxyl groups is 1. The summed E-state index contributed by atoms with van der Waals surface area (Å²) in [6.07, 6.45) is 2.38. The predicted molar refractivity (Wildman–Crippen MR) is 146 cm³/mol. The van der Waals surface area contributed by atoms with E-state index < -0.39 is 10.0 Å². The Balaban J connectivity index is 1.62. The maximum Gasteiger partial charge on any atom is 0.261 e. The molecular formula is C28H39N3O6S. The fraction of sp³-hybridized carbons (Fsp3) is 0.536. The van der Waals surface area contributed by atoms with Gasteiger partial charge in [0, 0.05) is 36.8 Å². The van der Waals surface area contributed by atoms with E-state index in [1.807, 2.05) is 6.92 Å². The molecule has 1 saturated carbocycles. The highest BCUT2D eigenvalue weighted by Crippen LogP contribution is 2.32. The first-order chi connectivity index (χ1) is 18.1. The molecule has 9 nitrogen and oxygen atoms in total. The maximum absolute atomic E-state index is 13.4. The summed E-state index contributed by atoms with van der Waals surface area (Å²) < 4.78 is 40.3. The van der Waals surface area contributed by atoms with Crippen LogP contribution in [-0.2, 0) is 21.2 Å². The van der Waals surface area contributed by atoms with Gasteiger partial charge in [0.25, 0.3) is 10.0 Å². The number of ether oxygens (including phenoxy) is 2. The van der Waals surface area contributed by atoms with Crippen LogP contribution < -0.4 is 14.2 Å². The number of anilines is 1. The molecule has 0 bridgehead atoms. The van der Waals surface area contributed by atoms with Crippen molar-refractivity contribution in [1.82, 2.24) is 9.80 Å². The van der Waals surface area contributed by atoms with E-state index in [0.29, 0.717) is 35.8 Å². The van der Waals surface area contributed by atoms with Crippen molar-refractivity contribution in [3.05, 3.63) is 48.0 Å². The molecule has 2 aromatic carbocycles. The Kier molecular flexibility index (Phi) is 8.85. The number of amides is 1. The molecule has 208 valence electrons. The molecule has 1 fully saturated rings. The van der Waals surface area contributed by atoms with Gasteiger partial charge in [-0.15, -0.1) is 0 Å². The largest absolute Gasteiger partial charge is 0.497 e. The number of fused-ring (bicyclic) bond motifs is 1. The lowest BCUT2D eigenvalue weighted by molar-refractivity contribution is -0.134. The summed E-state index contributed by atoms with van der Waals surface area (Å²) in [7, 11) is -0.239. The van der Waals surface area contributed by atoms with Crippen LogP contribution in [0.5, 0.6) is 11.5 Å². The van der Waals surface area contributed by atoms with Crippen molar-refractivity contribution in [3.8, 4) is 11.5 Å². The van der Waals surface area contributed by atoms with Crippen LogP contribution in [0.2, 0.25) is 0 Å². The quantitative estimate of drug-likeness (QED) is 0.473. The molecule has 4 rings (SSSR count). The minimum Gasteiger partial charge on any atom is -0.497 e. The summed E-state index contributed by atoms with van der Waals surface area (Å²) in [5.74, 6) is 1.76. The highest BCUT2D eigenvalue weighted by atomic mass is 32.2. The molecule has 0 aromatic heterocycles. The Morgan fingerprint density at radius 2 is 1.89 bits per heavy atom. The Bertz CT molecular complexity index is 1220. The van der Waals surface area contributed by atoms with Gasteiger partial charge in [-0.2, -0.15) is 0 Å². The van der Waals surface area contributed by atoms with Gasteiger partial charge in [-0.25, -0.2) is 8.42 Å². The topological polar surface area (TPSA) is 108 Å². The zero-order chi connectivity index (χ0) is 27.4. The Morgan fingerprint density at radius 1 is 1.18 bits per heavy atom. The first-order valence-corrected chi connectivity index (χ1v) is 14.6. The SMILES string of the molecule is COc1ccc(S(=O)(=O)Nc2ccc3c(c2)CC(=O)N([C@H](C)CO)C[C@@H](C)[C@H](CN(C)CC2CC2)O3)cc1. The third-order valence-electron chi connectivity index (χ3n) is 7.30. The van der Waals surface area contributed by atoms with Crippen LogP contribution in [0.15, 0.2) is 47.4 Å². The van der Waals surface area contributed by atoms with E-state index in [1.165, 1.54) is 32.1 Å². The van der Waals surface area contributed by atoms with Crippen LogP contribution in [0.25, 0.3) is 0 Å². The van der Waals surface area contributed by atoms with Gasteiger partial charge in [0.15, 0.2) is 0 Å². The number of benzene rings is 2. The fourth-order valence-electron chi connectivity index (χ4n) is 4.80. The third kappa shape index (κ3) is 6.98. The molecule has 1 aliphatic heterocycles. The number of hydrogen-bond donors (Lipinski definition) is 2. The van der Waals surface area contributed by atoms with Gasteiger partial charge in [0.2, 0.25) is 5.91 Å². The number of likely N-dealkylation sites (N-methyl/N-ethyl adjacent to an activating group) is 1. The molecular weight excluding hydrogens is 506 g/mol. The maximum atomic E-state index is 13.4. The van der Waals surface area contributed by atoms with E-state index in [9.17, 15) is 18.3 Å². The molecule has 1 amide bonds. The Hall–Kier alpha value is -2.82. The van der Waals surface area contributed by atoms with E-state index in [4.69, 9.17) is 9.47 Å². The van der Waals surface area contributed by atoms with Gasteiger partial charge in [0.05, 0.1) is 31.1 Å². The average molecular weight is 546 g/mol. The van der Waals surface area contributed by atoms with Crippen LogP contribution in [0.1, 0.15) is 32.3 Å². The highest BCUT2D eigenvalue weighted by Gasteiger charge is 2.32. The summed E-state index contributed by atoms with van der Waals surface area (Å²) >= 11 is 0. The predicted octanol–water partition coefficient (Wildman–Crippen LogP) is 2.99. The number of aliphatic hydroxyl groups excluding tert-OH is 1. The number of rotatable bonds is 10. The molecule has 1 aliphatic carbocycles. The van der Waals surface area contributed by atoms with E-state index in [1.54, 1.807) is 35.2 Å². The molecule has 2 aliphatic rings. The van der Waals surface area contributed by atoms with Gasteiger partial charge < -0.3 is 24.4 Å². The summed E-state index contributed by atoms with van der Waals surface area (Å²) in [5, 5.41) is 9.83. The minimum absolute atomic E-state index is 0.0220. The van der Waals surface area contributed by atoms with Gasteiger partial charge in [-0.3, -0.25) is 9.52 Å². The summed E-state index contributed by atoms with van der Waals surface area (Å²) in [6, 6.07) is 10.8. The van der Waals surface area contributed by atoms with Crippen molar-refractivity contribution in [2.75, 3.05) is 45.1 Å². The standard InChI is InChI=1S/C28H39N3O6S/c1-19-15-31(20(2)18-32)28(33)14-22-13-23(29-38(34,35)25-10-8-24(36-4)9-11-25)7-12-26(22)37-27(19)17-30(3)16-21-5-6-21/h7-13,19-21,27,29,32H,5-6,14-18H2,1-4H3/t19-,20-,27+/m1/s1. The number of sulfonamides is 1. The van der Waals surface area contributed by atoms with Crippen LogP contribution in [0.3, 0.4) is 0 Å². The van der Waals surface area contributed by atoms with E-state index in [0.717, 1.165) is 12.5 Å². The second-order valence-corrected chi connectivity index (χ2v) is 12.3. The lowest BCUT2D eigenvalue weighted by Gasteiger charge is -2.34. The molecule has 0 spiro atoms. The lowest BCUT2D eigenvalue weighted by atomic mass is 10.0. The molecule has 1 heterocycles. The van der Waals surface area contributed by atoms with Crippen molar-refractivity contribution in [2.24, 2.45) is 11.8 Å². The summed E-state index contributed by atoms with van der Waals surface area (Å²) in [4.78, 5) is 17.5. The van der Waals surface area contributed by atoms with Crippen LogP contribution in [0, 0.1) is 11.8 Å². The Morgan fingerprint density at radius 3 is 2.53 bits per heavy atom. The number of carbonyl (C=O) groups excluding carboxylic acids is 1. The number of methoxy groups -OCH3 is 1. The molecule has 2 aromatic rings. The van der Waals surface area contributed by atoms with Crippen LogP contribution in [-0.4, -0.2) is 81.8 Å². The zero-order valence-electron chi connectivity index (χ0n) is 22.6. The zero-order valence-corrected chi connectivity index (χ0v) is 23.4. The van der Waals surface area contributed by atoms with E-state index in [-0.39, 0.29) is 41.9 Å². The number of nitrogens with zero attached hydrogens (tertiary/aromatic N) is 2.